The van der Waals surface area contributed by atoms with Crippen molar-refractivity contribution in [1.29, 1.82) is 0 Å². The number of anilines is 1. The van der Waals surface area contributed by atoms with Gasteiger partial charge in [0, 0.05) is 38.8 Å². The lowest BCUT2D eigenvalue weighted by Gasteiger charge is -2.36. The van der Waals surface area contributed by atoms with Gasteiger partial charge in [0.15, 0.2) is 0 Å². The summed E-state index contributed by atoms with van der Waals surface area (Å²) in [5, 5.41) is 8.18. The van der Waals surface area contributed by atoms with Crippen molar-refractivity contribution in [3.8, 4) is 11.5 Å². The summed E-state index contributed by atoms with van der Waals surface area (Å²) < 4.78 is 45.7. The van der Waals surface area contributed by atoms with Crippen LogP contribution in [-0.2, 0) is 12.6 Å². The number of alkyl halides is 3. The van der Waals surface area contributed by atoms with E-state index in [0.29, 0.717) is 42.7 Å². The highest BCUT2D eigenvalue weighted by atomic mass is 19.4. The smallest absolute Gasteiger partial charge is 0.417 e. The van der Waals surface area contributed by atoms with Gasteiger partial charge < -0.3 is 14.2 Å². The summed E-state index contributed by atoms with van der Waals surface area (Å²) in [5.41, 5.74) is -0.565. The van der Waals surface area contributed by atoms with Gasteiger partial charge in [-0.2, -0.15) is 13.2 Å². The van der Waals surface area contributed by atoms with Gasteiger partial charge >= 0.3 is 6.18 Å². The van der Waals surface area contributed by atoms with Gasteiger partial charge in [0.2, 0.25) is 5.89 Å². The molecule has 3 aromatic rings. The Morgan fingerprint density at radius 2 is 1.81 bits per heavy atom. The van der Waals surface area contributed by atoms with Crippen LogP contribution < -0.4 is 4.90 Å². The van der Waals surface area contributed by atoms with Crippen molar-refractivity contribution < 1.29 is 22.4 Å². The molecule has 1 saturated heterocycles. The van der Waals surface area contributed by atoms with Gasteiger partial charge in [0.25, 0.3) is 11.8 Å². The van der Waals surface area contributed by atoms with Crippen LogP contribution in [0.2, 0.25) is 0 Å². The minimum atomic E-state index is -4.59. The molecule has 0 atom stereocenters. The highest BCUT2D eigenvalue weighted by Crippen LogP contribution is 2.33. The highest BCUT2D eigenvalue weighted by molar-refractivity contribution is 5.96. The fourth-order valence-corrected chi connectivity index (χ4v) is 3.70. The molecule has 1 aromatic carbocycles. The van der Waals surface area contributed by atoms with Crippen LogP contribution in [0.5, 0.6) is 0 Å². The summed E-state index contributed by atoms with van der Waals surface area (Å²) in [6.07, 6.45) is -1.37. The van der Waals surface area contributed by atoms with Crippen LogP contribution in [0.4, 0.5) is 19.0 Å². The predicted octanol–water partition coefficient (Wildman–Crippen LogP) is 4.07. The van der Waals surface area contributed by atoms with Crippen molar-refractivity contribution in [2.45, 2.75) is 25.9 Å². The molecule has 0 N–H and O–H groups in total. The zero-order chi connectivity index (χ0) is 22.7. The molecule has 10 heteroatoms. The fourth-order valence-electron chi connectivity index (χ4n) is 3.70. The average Bonchev–Trinajstić information content (AvgIpc) is 3.27. The van der Waals surface area contributed by atoms with Crippen LogP contribution in [0.3, 0.4) is 0 Å². The Hall–Kier alpha value is -3.43. The molecule has 0 bridgehead atoms. The molecule has 1 aliphatic rings. The summed E-state index contributed by atoms with van der Waals surface area (Å²) in [6, 6.07) is 8.48. The van der Waals surface area contributed by atoms with E-state index >= 15 is 0 Å². The zero-order valence-corrected chi connectivity index (χ0v) is 17.5. The summed E-state index contributed by atoms with van der Waals surface area (Å²) in [6.45, 7) is 3.39. The van der Waals surface area contributed by atoms with E-state index in [-0.39, 0.29) is 18.7 Å². The van der Waals surface area contributed by atoms with E-state index < -0.39 is 17.6 Å². The van der Waals surface area contributed by atoms with E-state index in [1.165, 1.54) is 23.1 Å². The Balaban J connectivity index is 1.50. The van der Waals surface area contributed by atoms with Gasteiger partial charge in [-0.25, -0.2) is 4.98 Å². The third-order valence-electron chi connectivity index (χ3n) is 5.28. The number of benzene rings is 1. The molecule has 168 valence electrons. The van der Waals surface area contributed by atoms with Crippen molar-refractivity contribution in [3.63, 3.8) is 0 Å². The average molecular weight is 445 g/mol. The summed E-state index contributed by atoms with van der Waals surface area (Å²) >= 11 is 0. The van der Waals surface area contributed by atoms with E-state index in [1.807, 2.05) is 17.9 Å². The van der Waals surface area contributed by atoms with Crippen molar-refractivity contribution in [2.24, 2.45) is 0 Å². The normalized spacial score (nSPS) is 14.6. The third kappa shape index (κ3) is 4.44. The van der Waals surface area contributed by atoms with Crippen LogP contribution >= 0.6 is 0 Å². The number of pyridine rings is 1. The molecule has 0 radical (unpaired) electrons. The van der Waals surface area contributed by atoms with Crippen molar-refractivity contribution in [1.82, 2.24) is 20.1 Å². The summed E-state index contributed by atoms with van der Waals surface area (Å²) in [4.78, 5) is 20.7. The molecule has 7 nitrogen and oxygen atoms in total. The number of carbonyl (C=O) groups is 1. The monoisotopic (exact) mass is 445 g/mol. The SMILES string of the molecule is CCCc1nnc(-c2cccnc2N2CCN(C(=O)c3ccccc3C(F)(F)F)CC2)o1. The molecular weight excluding hydrogens is 423 g/mol. The van der Waals surface area contributed by atoms with E-state index in [0.717, 1.165) is 12.5 Å². The Kier molecular flexibility index (Phi) is 6.11. The largest absolute Gasteiger partial charge is 0.421 e. The molecule has 0 aliphatic carbocycles. The minimum Gasteiger partial charge on any atom is -0.421 e. The summed E-state index contributed by atoms with van der Waals surface area (Å²) in [5.74, 6) is 0.937. The Labute approximate surface area is 182 Å². The first-order valence-corrected chi connectivity index (χ1v) is 10.4. The molecule has 32 heavy (non-hydrogen) atoms. The number of halogens is 3. The number of nitrogens with zero attached hydrogens (tertiary/aromatic N) is 5. The van der Waals surface area contributed by atoms with Crippen molar-refractivity contribution in [2.75, 3.05) is 31.1 Å². The standard InChI is InChI=1S/C22H22F3N5O2/c1-2-6-18-27-28-20(32-18)16-8-5-10-26-19(16)29-11-13-30(14-12-29)21(31)15-7-3-4-9-17(15)22(23,24)25/h3-5,7-10H,2,6,11-14H2,1H3. The number of rotatable bonds is 5. The van der Waals surface area contributed by atoms with Gasteiger partial charge in [0.1, 0.15) is 5.82 Å². The number of carbonyl (C=O) groups excluding carboxylic acids is 1. The molecular formula is C22H22F3N5O2. The number of aryl methyl sites for hydroxylation is 1. The second kappa shape index (κ2) is 8.97. The van der Waals surface area contributed by atoms with E-state index in [2.05, 4.69) is 15.2 Å². The summed E-state index contributed by atoms with van der Waals surface area (Å²) in [7, 11) is 0. The molecule has 1 amide bonds. The van der Waals surface area contributed by atoms with Crippen LogP contribution in [-0.4, -0.2) is 52.2 Å². The Morgan fingerprint density at radius 3 is 2.53 bits per heavy atom. The Bertz CT molecular complexity index is 1090. The van der Waals surface area contributed by atoms with E-state index in [4.69, 9.17) is 4.42 Å². The maximum absolute atomic E-state index is 13.3. The van der Waals surface area contributed by atoms with E-state index in [9.17, 15) is 18.0 Å². The first-order chi connectivity index (χ1) is 15.4. The van der Waals surface area contributed by atoms with Gasteiger partial charge in [-0.15, -0.1) is 10.2 Å². The predicted molar refractivity (Wildman–Crippen MR) is 111 cm³/mol. The van der Waals surface area contributed by atoms with Gasteiger partial charge in [-0.1, -0.05) is 19.1 Å². The molecule has 2 aromatic heterocycles. The second-order valence-electron chi connectivity index (χ2n) is 7.45. The zero-order valence-electron chi connectivity index (χ0n) is 17.5. The van der Waals surface area contributed by atoms with Crippen LogP contribution in [0, 0.1) is 0 Å². The lowest BCUT2D eigenvalue weighted by molar-refractivity contribution is -0.138. The van der Waals surface area contributed by atoms with Crippen LogP contribution in [0.1, 0.15) is 35.2 Å². The highest BCUT2D eigenvalue weighted by Gasteiger charge is 2.36. The number of hydrogen-bond donors (Lipinski definition) is 0. The fraction of sp³-hybridized carbons (Fsp3) is 0.364. The molecule has 0 unspecified atom stereocenters. The molecule has 4 rings (SSSR count). The van der Waals surface area contributed by atoms with Crippen molar-refractivity contribution >= 4 is 11.7 Å². The topological polar surface area (TPSA) is 75.4 Å². The first kappa shape index (κ1) is 21.8. The maximum Gasteiger partial charge on any atom is 0.417 e. The van der Waals surface area contributed by atoms with Gasteiger partial charge in [-0.05, 0) is 30.7 Å². The third-order valence-corrected chi connectivity index (χ3v) is 5.28. The van der Waals surface area contributed by atoms with E-state index in [1.54, 1.807) is 12.3 Å². The van der Waals surface area contributed by atoms with Crippen molar-refractivity contribution in [3.05, 3.63) is 59.6 Å². The molecule has 0 saturated carbocycles. The van der Waals surface area contributed by atoms with Crippen LogP contribution in [0.25, 0.3) is 11.5 Å². The Morgan fingerprint density at radius 1 is 1.06 bits per heavy atom. The quantitative estimate of drug-likeness (QED) is 0.590. The maximum atomic E-state index is 13.3. The molecule has 0 spiro atoms. The number of aromatic nitrogens is 3. The lowest BCUT2D eigenvalue weighted by atomic mass is 10.1. The number of piperazine rings is 1. The molecule has 1 fully saturated rings. The molecule has 3 heterocycles. The second-order valence-corrected chi connectivity index (χ2v) is 7.45. The number of hydrogen-bond acceptors (Lipinski definition) is 6. The van der Waals surface area contributed by atoms with Crippen LogP contribution in [0.15, 0.2) is 47.0 Å². The van der Waals surface area contributed by atoms with Gasteiger partial charge in [-0.3, -0.25) is 4.79 Å². The lowest BCUT2D eigenvalue weighted by Crippen LogP contribution is -2.49. The first-order valence-electron chi connectivity index (χ1n) is 10.4. The minimum absolute atomic E-state index is 0.270. The molecule has 1 aliphatic heterocycles. The number of amides is 1. The van der Waals surface area contributed by atoms with Gasteiger partial charge in [0.05, 0.1) is 16.7 Å².